The van der Waals surface area contributed by atoms with Crippen molar-refractivity contribution < 1.29 is 4.74 Å². The molecule has 0 unspecified atom stereocenters. The second kappa shape index (κ2) is 9.23. The van der Waals surface area contributed by atoms with Gasteiger partial charge < -0.3 is 15.0 Å². The minimum Gasteiger partial charge on any atom is -0.381 e. The SMILES string of the molecule is CN=C(NCCc1sc(C)nc1C)N(C)CCC1CCOCC1. The quantitative estimate of drug-likeness (QED) is 0.640. The predicted molar refractivity (Wildman–Crippen MR) is 97.4 cm³/mol. The molecule has 0 spiro atoms. The molecule has 1 aliphatic heterocycles. The maximum atomic E-state index is 5.43. The number of thiazole rings is 1. The largest absolute Gasteiger partial charge is 0.381 e. The molecule has 0 saturated carbocycles. The second-order valence-electron chi connectivity index (χ2n) is 6.23. The average Bonchev–Trinajstić information content (AvgIpc) is 2.88. The van der Waals surface area contributed by atoms with Crippen molar-refractivity contribution in [3.05, 3.63) is 15.6 Å². The van der Waals surface area contributed by atoms with Gasteiger partial charge in [-0.25, -0.2) is 4.98 Å². The number of hydrogen-bond acceptors (Lipinski definition) is 4. The summed E-state index contributed by atoms with van der Waals surface area (Å²) in [5.41, 5.74) is 1.16. The highest BCUT2D eigenvalue weighted by Crippen LogP contribution is 2.19. The van der Waals surface area contributed by atoms with Crippen LogP contribution in [-0.4, -0.2) is 56.2 Å². The van der Waals surface area contributed by atoms with E-state index in [1.165, 1.54) is 24.1 Å². The summed E-state index contributed by atoms with van der Waals surface area (Å²) in [5.74, 6) is 1.78. The summed E-state index contributed by atoms with van der Waals surface area (Å²) in [4.78, 5) is 12.5. The summed E-state index contributed by atoms with van der Waals surface area (Å²) in [6.45, 7) is 7.95. The Morgan fingerprint density at radius 1 is 1.39 bits per heavy atom. The van der Waals surface area contributed by atoms with Crippen LogP contribution in [0.25, 0.3) is 0 Å². The van der Waals surface area contributed by atoms with Crippen molar-refractivity contribution in [2.45, 2.75) is 39.5 Å². The molecular formula is C17H30N4OS. The van der Waals surface area contributed by atoms with Crippen molar-refractivity contribution in [3.63, 3.8) is 0 Å². The van der Waals surface area contributed by atoms with Crippen LogP contribution in [0, 0.1) is 19.8 Å². The number of guanidine groups is 1. The smallest absolute Gasteiger partial charge is 0.193 e. The molecule has 2 rings (SSSR count). The summed E-state index contributed by atoms with van der Waals surface area (Å²) >= 11 is 1.79. The van der Waals surface area contributed by atoms with Crippen LogP contribution in [0.15, 0.2) is 4.99 Å². The van der Waals surface area contributed by atoms with Gasteiger partial charge in [-0.1, -0.05) is 0 Å². The second-order valence-corrected chi connectivity index (χ2v) is 7.52. The number of aryl methyl sites for hydroxylation is 2. The first-order valence-electron chi connectivity index (χ1n) is 8.52. The topological polar surface area (TPSA) is 49.8 Å². The Kier molecular flexibility index (Phi) is 7.30. The zero-order chi connectivity index (χ0) is 16.7. The fourth-order valence-corrected chi connectivity index (χ4v) is 3.93. The first-order valence-corrected chi connectivity index (χ1v) is 9.34. The molecule has 5 nitrogen and oxygen atoms in total. The van der Waals surface area contributed by atoms with Crippen molar-refractivity contribution >= 4 is 17.3 Å². The Balaban J connectivity index is 1.72. The van der Waals surface area contributed by atoms with Crippen molar-refractivity contribution in [1.29, 1.82) is 0 Å². The minimum atomic E-state index is 0.798. The van der Waals surface area contributed by atoms with Gasteiger partial charge >= 0.3 is 0 Å². The summed E-state index contributed by atoms with van der Waals surface area (Å²) in [6.07, 6.45) is 4.62. The van der Waals surface area contributed by atoms with Crippen LogP contribution in [0.4, 0.5) is 0 Å². The third-order valence-corrected chi connectivity index (χ3v) is 5.55. The van der Waals surface area contributed by atoms with Crippen molar-refractivity contribution in [2.24, 2.45) is 10.9 Å². The van der Waals surface area contributed by atoms with Crippen LogP contribution in [0.1, 0.15) is 34.8 Å². The minimum absolute atomic E-state index is 0.798. The van der Waals surface area contributed by atoms with Gasteiger partial charge in [0.25, 0.3) is 0 Å². The molecule has 1 saturated heterocycles. The molecule has 130 valence electrons. The Morgan fingerprint density at radius 3 is 2.74 bits per heavy atom. The molecule has 2 heterocycles. The van der Waals surface area contributed by atoms with Crippen LogP contribution in [0.5, 0.6) is 0 Å². The zero-order valence-electron chi connectivity index (χ0n) is 14.9. The van der Waals surface area contributed by atoms with E-state index in [9.17, 15) is 0 Å². The molecule has 0 amide bonds. The van der Waals surface area contributed by atoms with Crippen LogP contribution >= 0.6 is 11.3 Å². The summed E-state index contributed by atoms with van der Waals surface area (Å²) < 4.78 is 5.43. The zero-order valence-corrected chi connectivity index (χ0v) is 15.7. The van der Waals surface area contributed by atoms with E-state index < -0.39 is 0 Å². The lowest BCUT2D eigenvalue weighted by Crippen LogP contribution is -2.40. The molecule has 23 heavy (non-hydrogen) atoms. The lowest BCUT2D eigenvalue weighted by atomic mass is 9.96. The summed E-state index contributed by atoms with van der Waals surface area (Å²) in [7, 11) is 3.98. The van der Waals surface area contributed by atoms with Crippen LogP contribution in [0.3, 0.4) is 0 Å². The van der Waals surface area contributed by atoms with E-state index >= 15 is 0 Å². The molecule has 1 aromatic rings. The van der Waals surface area contributed by atoms with Gasteiger partial charge in [0.15, 0.2) is 5.96 Å². The van der Waals surface area contributed by atoms with Gasteiger partial charge in [0, 0.05) is 51.7 Å². The third-order valence-electron chi connectivity index (χ3n) is 4.42. The number of ether oxygens (including phenoxy) is 1. The molecule has 0 bridgehead atoms. The molecule has 1 aromatic heterocycles. The standard InChI is InChI=1S/C17H30N4OS/c1-13-16(23-14(2)20-13)5-9-19-17(18-3)21(4)10-6-15-7-11-22-12-8-15/h15H,5-12H2,1-4H3,(H,18,19). The van der Waals surface area contributed by atoms with Gasteiger partial charge in [0.2, 0.25) is 0 Å². The Labute approximate surface area is 144 Å². The molecule has 1 fully saturated rings. The molecule has 0 atom stereocenters. The fraction of sp³-hybridized carbons (Fsp3) is 0.765. The Morgan fingerprint density at radius 2 is 2.13 bits per heavy atom. The van der Waals surface area contributed by atoms with Gasteiger partial charge in [0.05, 0.1) is 10.7 Å². The average molecular weight is 339 g/mol. The number of rotatable bonds is 6. The highest BCUT2D eigenvalue weighted by atomic mass is 32.1. The molecule has 1 N–H and O–H groups in total. The number of aromatic nitrogens is 1. The Bertz CT molecular complexity index is 509. The first-order chi connectivity index (χ1) is 11.1. The van der Waals surface area contributed by atoms with Crippen LogP contribution in [-0.2, 0) is 11.2 Å². The van der Waals surface area contributed by atoms with E-state index in [0.29, 0.717) is 0 Å². The van der Waals surface area contributed by atoms with E-state index in [-0.39, 0.29) is 0 Å². The van der Waals surface area contributed by atoms with Crippen molar-refractivity contribution in [3.8, 4) is 0 Å². The molecule has 0 aromatic carbocycles. The van der Waals surface area contributed by atoms with Gasteiger partial charge in [-0.2, -0.15) is 0 Å². The molecule has 0 aliphatic carbocycles. The Hall–Kier alpha value is -1.14. The summed E-state index contributed by atoms with van der Waals surface area (Å²) in [5, 5.41) is 4.62. The monoisotopic (exact) mass is 338 g/mol. The highest BCUT2D eigenvalue weighted by molar-refractivity contribution is 7.11. The van der Waals surface area contributed by atoms with Crippen molar-refractivity contribution in [2.75, 3.05) is 40.4 Å². The van der Waals surface area contributed by atoms with E-state index in [4.69, 9.17) is 4.74 Å². The predicted octanol–water partition coefficient (Wildman–Crippen LogP) is 2.63. The molecule has 0 radical (unpaired) electrons. The highest BCUT2D eigenvalue weighted by Gasteiger charge is 2.15. The van der Waals surface area contributed by atoms with Crippen LogP contribution < -0.4 is 5.32 Å². The van der Waals surface area contributed by atoms with Crippen LogP contribution in [0.2, 0.25) is 0 Å². The number of hydrogen-bond donors (Lipinski definition) is 1. The van der Waals surface area contributed by atoms with E-state index in [0.717, 1.165) is 55.3 Å². The third kappa shape index (κ3) is 5.77. The van der Waals surface area contributed by atoms with Gasteiger partial charge in [-0.05, 0) is 39.0 Å². The summed E-state index contributed by atoms with van der Waals surface area (Å²) in [6, 6.07) is 0. The van der Waals surface area contributed by atoms with E-state index in [1.54, 1.807) is 11.3 Å². The maximum Gasteiger partial charge on any atom is 0.193 e. The van der Waals surface area contributed by atoms with E-state index in [1.807, 2.05) is 7.05 Å². The van der Waals surface area contributed by atoms with Gasteiger partial charge in [-0.3, -0.25) is 4.99 Å². The van der Waals surface area contributed by atoms with Gasteiger partial charge in [0.1, 0.15) is 0 Å². The van der Waals surface area contributed by atoms with Gasteiger partial charge in [-0.15, -0.1) is 11.3 Å². The van der Waals surface area contributed by atoms with Crippen molar-refractivity contribution in [1.82, 2.24) is 15.2 Å². The maximum absolute atomic E-state index is 5.43. The number of aliphatic imine (C=N–C) groups is 1. The first kappa shape index (κ1) is 18.2. The van der Waals surface area contributed by atoms with E-state index in [2.05, 4.69) is 41.1 Å². The normalized spacial score (nSPS) is 16.6. The molecular weight excluding hydrogens is 308 g/mol. The molecule has 1 aliphatic rings. The lowest BCUT2D eigenvalue weighted by Gasteiger charge is -2.26. The number of nitrogens with one attached hydrogen (secondary N) is 1. The molecule has 6 heteroatoms. The number of nitrogens with zero attached hydrogens (tertiary/aromatic N) is 3. The lowest BCUT2D eigenvalue weighted by molar-refractivity contribution is 0.0625. The fourth-order valence-electron chi connectivity index (χ4n) is 3.00.